The Morgan fingerprint density at radius 2 is 2.17 bits per heavy atom. The summed E-state index contributed by atoms with van der Waals surface area (Å²) >= 11 is 5.82. The lowest BCUT2D eigenvalue weighted by molar-refractivity contribution is 0.422. The van der Waals surface area contributed by atoms with Crippen LogP contribution in [0.5, 0.6) is 0 Å². The summed E-state index contributed by atoms with van der Waals surface area (Å²) in [6.07, 6.45) is 6.26. The lowest BCUT2D eigenvalue weighted by Gasteiger charge is -2.15. The van der Waals surface area contributed by atoms with Gasteiger partial charge in [-0.25, -0.2) is 9.67 Å². The van der Waals surface area contributed by atoms with Gasteiger partial charge in [-0.3, -0.25) is 0 Å². The maximum Gasteiger partial charge on any atom is 0.140 e. The van der Waals surface area contributed by atoms with Crippen molar-refractivity contribution in [1.82, 2.24) is 20.1 Å². The molecule has 4 nitrogen and oxygen atoms in total. The molecule has 5 heteroatoms. The van der Waals surface area contributed by atoms with Crippen molar-refractivity contribution in [1.29, 1.82) is 0 Å². The molecule has 0 saturated heterocycles. The lowest BCUT2D eigenvalue weighted by atomic mass is 10.0. The number of nitrogens with zero attached hydrogens (tertiary/aromatic N) is 3. The summed E-state index contributed by atoms with van der Waals surface area (Å²) in [5, 5.41) is 7.70. The van der Waals surface area contributed by atoms with Crippen LogP contribution in [0.4, 0.5) is 0 Å². The zero-order chi connectivity index (χ0) is 13.2. The van der Waals surface area contributed by atoms with Gasteiger partial charge in [-0.2, -0.15) is 5.10 Å². The second kappa shape index (κ2) is 9.34. The van der Waals surface area contributed by atoms with E-state index in [0.717, 1.165) is 44.2 Å². The molecular weight excluding hydrogens is 248 g/mol. The Morgan fingerprint density at radius 1 is 1.33 bits per heavy atom. The van der Waals surface area contributed by atoms with Crippen LogP contribution in [-0.4, -0.2) is 27.2 Å². The number of alkyl halides is 1. The van der Waals surface area contributed by atoms with Gasteiger partial charge in [0.25, 0.3) is 0 Å². The first-order valence-electron chi connectivity index (χ1n) is 6.95. The molecule has 0 spiro atoms. The van der Waals surface area contributed by atoms with Gasteiger partial charge in [-0.15, -0.1) is 11.6 Å². The molecule has 104 valence electrons. The highest BCUT2D eigenvalue weighted by Gasteiger charge is 2.08. The molecule has 1 unspecified atom stereocenters. The average molecular weight is 273 g/mol. The fourth-order valence-corrected chi connectivity index (χ4v) is 2.43. The van der Waals surface area contributed by atoms with Crippen molar-refractivity contribution in [3.63, 3.8) is 0 Å². The standard InChI is InChI=1S/C13H25ClN4/c1-3-5-12(6-7-14)9-15-10-13-16-11-17-18(13)8-4-2/h11-12,15H,3-10H2,1-2H3. The van der Waals surface area contributed by atoms with Crippen molar-refractivity contribution < 1.29 is 0 Å². The van der Waals surface area contributed by atoms with Crippen molar-refractivity contribution in [3.8, 4) is 0 Å². The Hall–Kier alpha value is -0.610. The fourth-order valence-electron chi connectivity index (χ4n) is 2.12. The second-order valence-electron chi connectivity index (χ2n) is 4.66. The zero-order valence-electron chi connectivity index (χ0n) is 11.5. The molecular formula is C13H25ClN4. The van der Waals surface area contributed by atoms with Gasteiger partial charge >= 0.3 is 0 Å². The van der Waals surface area contributed by atoms with Crippen molar-refractivity contribution in [2.45, 2.75) is 52.6 Å². The average Bonchev–Trinajstić information content (AvgIpc) is 2.78. The predicted molar refractivity (Wildman–Crippen MR) is 75.8 cm³/mol. The zero-order valence-corrected chi connectivity index (χ0v) is 12.3. The van der Waals surface area contributed by atoms with Gasteiger partial charge in [-0.05, 0) is 31.7 Å². The molecule has 0 radical (unpaired) electrons. The highest BCUT2D eigenvalue weighted by atomic mass is 35.5. The Bertz CT molecular complexity index is 308. The monoisotopic (exact) mass is 272 g/mol. The van der Waals surface area contributed by atoms with Gasteiger partial charge in [0.2, 0.25) is 0 Å². The molecule has 1 N–H and O–H groups in total. The second-order valence-corrected chi connectivity index (χ2v) is 5.04. The lowest BCUT2D eigenvalue weighted by Crippen LogP contribution is -2.24. The van der Waals surface area contributed by atoms with Crippen LogP contribution in [0.15, 0.2) is 6.33 Å². The number of aryl methyl sites for hydroxylation is 1. The molecule has 1 aromatic heterocycles. The molecule has 0 amide bonds. The smallest absolute Gasteiger partial charge is 0.140 e. The molecule has 1 aromatic rings. The minimum atomic E-state index is 0.676. The Labute approximate surface area is 115 Å². The van der Waals surface area contributed by atoms with Crippen molar-refractivity contribution in [2.75, 3.05) is 12.4 Å². The van der Waals surface area contributed by atoms with Crippen LogP contribution in [0.25, 0.3) is 0 Å². The van der Waals surface area contributed by atoms with Gasteiger partial charge < -0.3 is 5.32 Å². The Balaban J connectivity index is 2.32. The third-order valence-corrected chi connectivity index (χ3v) is 3.28. The quantitative estimate of drug-likeness (QED) is 0.666. The first kappa shape index (κ1) is 15.4. The molecule has 18 heavy (non-hydrogen) atoms. The summed E-state index contributed by atoms with van der Waals surface area (Å²) < 4.78 is 1.98. The highest BCUT2D eigenvalue weighted by Crippen LogP contribution is 2.11. The first-order chi connectivity index (χ1) is 8.81. The first-order valence-corrected chi connectivity index (χ1v) is 7.48. The van der Waals surface area contributed by atoms with Crippen LogP contribution < -0.4 is 5.32 Å². The predicted octanol–water partition coefficient (Wildman–Crippen LogP) is 2.82. The van der Waals surface area contributed by atoms with Gasteiger partial charge in [0.05, 0.1) is 6.54 Å². The van der Waals surface area contributed by atoms with E-state index in [1.807, 2.05) is 4.68 Å². The van der Waals surface area contributed by atoms with Crippen LogP contribution in [0.2, 0.25) is 0 Å². The molecule has 0 aliphatic rings. The van der Waals surface area contributed by atoms with E-state index >= 15 is 0 Å². The summed E-state index contributed by atoms with van der Waals surface area (Å²) in [7, 11) is 0. The minimum Gasteiger partial charge on any atom is -0.310 e. The van der Waals surface area contributed by atoms with E-state index in [9.17, 15) is 0 Å². The molecule has 0 aliphatic carbocycles. The number of aromatic nitrogens is 3. The van der Waals surface area contributed by atoms with E-state index in [2.05, 4.69) is 29.2 Å². The third-order valence-electron chi connectivity index (χ3n) is 3.06. The van der Waals surface area contributed by atoms with Crippen LogP contribution >= 0.6 is 11.6 Å². The van der Waals surface area contributed by atoms with E-state index < -0.39 is 0 Å². The van der Waals surface area contributed by atoms with E-state index in [-0.39, 0.29) is 0 Å². The molecule has 1 heterocycles. The summed E-state index contributed by atoms with van der Waals surface area (Å²) in [5.74, 6) is 2.45. The maximum absolute atomic E-state index is 5.82. The Morgan fingerprint density at radius 3 is 2.83 bits per heavy atom. The van der Waals surface area contributed by atoms with Crippen molar-refractivity contribution >= 4 is 11.6 Å². The van der Waals surface area contributed by atoms with Crippen LogP contribution in [0.3, 0.4) is 0 Å². The molecule has 0 bridgehead atoms. The van der Waals surface area contributed by atoms with Crippen LogP contribution in [-0.2, 0) is 13.1 Å². The SMILES string of the molecule is CCCC(CCCl)CNCc1ncnn1CCC. The number of hydrogen-bond acceptors (Lipinski definition) is 3. The maximum atomic E-state index is 5.82. The van der Waals surface area contributed by atoms with E-state index in [1.54, 1.807) is 6.33 Å². The fraction of sp³-hybridized carbons (Fsp3) is 0.846. The summed E-state index contributed by atoms with van der Waals surface area (Å²) in [6.45, 7) is 7.12. The summed E-state index contributed by atoms with van der Waals surface area (Å²) in [4.78, 5) is 4.29. The molecule has 0 aromatic carbocycles. The molecule has 0 aliphatic heterocycles. The van der Waals surface area contributed by atoms with E-state index in [1.165, 1.54) is 12.8 Å². The van der Waals surface area contributed by atoms with Crippen molar-refractivity contribution in [3.05, 3.63) is 12.2 Å². The summed E-state index contributed by atoms with van der Waals surface area (Å²) in [6, 6.07) is 0. The van der Waals surface area contributed by atoms with Crippen LogP contribution in [0, 0.1) is 5.92 Å². The largest absolute Gasteiger partial charge is 0.310 e. The van der Waals surface area contributed by atoms with Gasteiger partial charge in [-0.1, -0.05) is 20.3 Å². The van der Waals surface area contributed by atoms with Gasteiger partial charge in [0, 0.05) is 12.4 Å². The molecule has 0 fully saturated rings. The van der Waals surface area contributed by atoms with E-state index in [0.29, 0.717) is 5.92 Å². The van der Waals surface area contributed by atoms with E-state index in [4.69, 9.17) is 11.6 Å². The molecule has 0 saturated carbocycles. The normalized spacial score (nSPS) is 12.8. The van der Waals surface area contributed by atoms with Crippen molar-refractivity contribution in [2.24, 2.45) is 5.92 Å². The minimum absolute atomic E-state index is 0.676. The Kier molecular flexibility index (Phi) is 8.01. The third kappa shape index (κ3) is 5.36. The van der Waals surface area contributed by atoms with Gasteiger partial charge in [0.15, 0.2) is 0 Å². The number of nitrogens with one attached hydrogen (secondary N) is 1. The summed E-state index contributed by atoms with van der Waals surface area (Å²) in [5.41, 5.74) is 0. The highest BCUT2D eigenvalue weighted by molar-refractivity contribution is 6.17. The number of rotatable bonds is 10. The molecule has 1 rings (SSSR count). The number of halogens is 1. The topological polar surface area (TPSA) is 42.7 Å². The number of hydrogen-bond donors (Lipinski definition) is 1. The molecule has 1 atom stereocenters. The van der Waals surface area contributed by atoms with Crippen LogP contribution in [0.1, 0.15) is 45.4 Å². The van der Waals surface area contributed by atoms with Gasteiger partial charge in [0.1, 0.15) is 12.2 Å².